The lowest BCUT2D eigenvalue weighted by molar-refractivity contribution is -0.145. The maximum atomic E-state index is 11.6. The van der Waals surface area contributed by atoms with Gasteiger partial charge < -0.3 is 4.74 Å². The molecule has 1 heterocycles. The van der Waals surface area contributed by atoms with Crippen molar-refractivity contribution in [3.63, 3.8) is 0 Å². The molecule has 0 saturated heterocycles. The van der Waals surface area contributed by atoms with E-state index in [1.807, 2.05) is 13.8 Å². The Morgan fingerprint density at radius 2 is 2.27 bits per heavy atom. The van der Waals surface area contributed by atoms with E-state index in [4.69, 9.17) is 4.74 Å². The maximum Gasteiger partial charge on any atom is 0.316 e. The van der Waals surface area contributed by atoms with Crippen LogP contribution in [0.5, 0.6) is 0 Å². The maximum absolute atomic E-state index is 11.6. The number of ether oxygens (including phenoxy) is 1. The molecule has 0 spiro atoms. The van der Waals surface area contributed by atoms with Crippen LogP contribution in [0.2, 0.25) is 0 Å². The van der Waals surface area contributed by atoms with Crippen molar-refractivity contribution in [3.05, 3.63) is 11.6 Å². The molecule has 1 aromatic heterocycles. The second-order valence-electron chi connectivity index (χ2n) is 3.37. The molecule has 0 aliphatic carbocycles. The molecule has 0 radical (unpaired) electrons. The van der Waals surface area contributed by atoms with Gasteiger partial charge in [0.1, 0.15) is 11.7 Å². The third-order valence-corrected chi connectivity index (χ3v) is 2.07. The zero-order valence-corrected chi connectivity index (χ0v) is 9.41. The number of aromatic amines is 1. The minimum Gasteiger partial charge on any atom is -0.465 e. The van der Waals surface area contributed by atoms with Gasteiger partial charge in [0, 0.05) is 0 Å². The molecule has 1 unspecified atom stereocenters. The Morgan fingerprint density at radius 1 is 1.53 bits per heavy atom. The van der Waals surface area contributed by atoms with E-state index in [9.17, 15) is 4.79 Å². The van der Waals surface area contributed by atoms with Crippen molar-refractivity contribution in [2.24, 2.45) is 0 Å². The number of hydrogen-bond donors (Lipinski definition) is 1. The molecule has 0 aliphatic rings. The largest absolute Gasteiger partial charge is 0.465 e. The van der Waals surface area contributed by atoms with Crippen molar-refractivity contribution in [1.29, 1.82) is 0 Å². The number of hydrogen-bond acceptors (Lipinski definition) is 4. The number of rotatable bonds is 5. The summed E-state index contributed by atoms with van der Waals surface area (Å²) in [6, 6.07) is 0. The zero-order chi connectivity index (χ0) is 11.3. The quantitative estimate of drug-likeness (QED) is 0.750. The number of esters is 1. The lowest BCUT2D eigenvalue weighted by Gasteiger charge is -2.10. The van der Waals surface area contributed by atoms with E-state index in [0.717, 1.165) is 18.7 Å². The fraction of sp³-hybridized carbons (Fsp3) is 0.700. The smallest absolute Gasteiger partial charge is 0.316 e. The second-order valence-corrected chi connectivity index (χ2v) is 3.37. The summed E-state index contributed by atoms with van der Waals surface area (Å²) in [4.78, 5) is 15.8. The summed E-state index contributed by atoms with van der Waals surface area (Å²) in [5.41, 5.74) is 0. The molecular formula is C10H17N3O2. The Hall–Kier alpha value is -1.39. The first-order valence-corrected chi connectivity index (χ1v) is 5.24. The average molecular weight is 211 g/mol. The van der Waals surface area contributed by atoms with Crippen molar-refractivity contribution in [2.45, 2.75) is 39.5 Å². The number of aromatic nitrogens is 3. The highest BCUT2D eigenvalue weighted by Gasteiger charge is 2.24. The minimum absolute atomic E-state index is 0.238. The number of H-pyrrole nitrogens is 1. The van der Waals surface area contributed by atoms with Crippen LogP contribution in [-0.2, 0) is 9.53 Å². The summed E-state index contributed by atoms with van der Waals surface area (Å²) < 4.78 is 4.99. The monoisotopic (exact) mass is 211 g/mol. The van der Waals surface area contributed by atoms with E-state index in [-0.39, 0.29) is 11.9 Å². The van der Waals surface area contributed by atoms with Crippen LogP contribution in [0.15, 0.2) is 0 Å². The van der Waals surface area contributed by atoms with Crippen LogP contribution in [0.3, 0.4) is 0 Å². The van der Waals surface area contributed by atoms with Crippen LogP contribution >= 0.6 is 0 Å². The molecule has 0 aliphatic heterocycles. The van der Waals surface area contributed by atoms with E-state index in [2.05, 4.69) is 15.2 Å². The Kier molecular flexibility index (Phi) is 4.27. The van der Waals surface area contributed by atoms with Gasteiger partial charge in [-0.1, -0.05) is 13.3 Å². The van der Waals surface area contributed by atoms with Gasteiger partial charge in [-0.2, -0.15) is 5.10 Å². The van der Waals surface area contributed by atoms with Crippen LogP contribution in [-0.4, -0.2) is 27.8 Å². The normalized spacial score (nSPS) is 12.5. The van der Waals surface area contributed by atoms with E-state index in [1.54, 1.807) is 6.92 Å². The van der Waals surface area contributed by atoms with Crippen molar-refractivity contribution < 1.29 is 9.53 Å². The molecule has 0 bridgehead atoms. The summed E-state index contributed by atoms with van der Waals surface area (Å²) >= 11 is 0. The summed E-state index contributed by atoms with van der Waals surface area (Å²) in [6.07, 6.45) is 1.62. The van der Waals surface area contributed by atoms with Gasteiger partial charge in [0.15, 0.2) is 5.82 Å². The summed E-state index contributed by atoms with van der Waals surface area (Å²) in [7, 11) is 0. The first-order valence-electron chi connectivity index (χ1n) is 5.24. The van der Waals surface area contributed by atoms with E-state index in [0.29, 0.717) is 12.4 Å². The van der Waals surface area contributed by atoms with Crippen LogP contribution in [0.25, 0.3) is 0 Å². The Labute approximate surface area is 89.2 Å². The molecule has 1 N–H and O–H groups in total. The highest BCUT2D eigenvalue weighted by molar-refractivity contribution is 5.76. The zero-order valence-electron chi connectivity index (χ0n) is 9.41. The average Bonchev–Trinajstić information content (AvgIpc) is 2.61. The minimum atomic E-state index is -0.333. The van der Waals surface area contributed by atoms with E-state index < -0.39 is 0 Å². The predicted octanol–water partition coefficient (Wildman–Crippen LogP) is 1.56. The molecule has 5 heteroatoms. The molecule has 0 fully saturated rings. The SMILES string of the molecule is CCCC(C(=O)OCC)c1n[nH]c(C)n1. The summed E-state index contributed by atoms with van der Waals surface area (Å²) in [5.74, 6) is 0.682. The third-order valence-electron chi connectivity index (χ3n) is 2.07. The standard InChI is InChI=1S/C10H17N3O2/c1-4-6-8(10(14)15-5-2)9-11-7(3)12-13-9/h8H,4-6H2,1-3H3,(H,11,12,13). The van der Waals surface area contributed by atoms with Crippen LogP contribution in [0.4, 0.5) is 0 Å². The Morgan fingerprint density at radius 3 is 2.73 bits per heavy atom. The number of carbonyl (C=O) groups excluding carboxylic acids is 1. The van der Waals surface area contributed by atoms with Crippen molar-refractivity contribution >= 4 is 5.97 Å². The lowest BCUT2D eigenvalue weighted by atomic mass is 10.0. The molecule has 1 atom stereocenters. The molecule has 15 heavy (non-hydrogen) atoms. The van der Waals surface area contributed by atoms with E-state index >= 15 is 0 Å². The van der Waals surface area contributed by atoms with Gasteiger partial charge in [-0.3, -0.25) is 9.89 Å². The number of aryl methyl sites for hydroxylation is 1. The fourth-order valence-corrected chi connectivity index (χ4v) is 1.40. The first-order chi connectivity index (χ1) is 7.19. The van der Waals surface area contributed by atoms with E-state index in [1.165, 1.54) is 0 Å². The van der Waals surface area contributed by atoms with Gasteiger partial charge in [0.25, 0.3) is 0 Å². The topological polar surface area (TPSA) is 67.9 Å². The van der Waals surface area contributed by atoms with Gasteiger partial charge in [-0.25, -0.2) is 4.98 Å². The molecule has 5 nitrogen and oxygen atoms in total. The molecule has 1 aromatic rings. The van der Waals surface area contributed by atoms with Gasteiger partial charge in [0.05, 0.1) is 6.61 Å². The predicted molar refractivity (Wildman–Crippen MR) is 55.4 cm³/mol. The summed E-state index contributed by atoms with van der Waals surface area (Å²) in [5, 5.41) is 6.74. The lowest BCUT2D eigenvalue weighted by Crippen LogP contribution is -2.17. The van der Waals surface area contributed by atoms with Crippen molar-refractivity contribution in [2.75, 3.05) is 6.61 Å². The van der Waals surface area contributed by atoms with Crippen LogP contribution in [0.1, 0.15) is 44.3 Å². The number of carbonyl (C=O) groups is 1. The Balaban J connectivity index is 2.77. The van der Waals surface area contributed by atoms with Gasteiger partial charge in [-0.05, 0) is 20.3 Å². The van der Waals surface area contributed by atoms with Crippen LogP contribution < -0.4 is 0 Å². The first kappa shape index (κ1) is 11.7. The van der Waals surface area contributed by atoms with Crippen molar-refractivity contribution in [3.8, 4) is 0 Å². The molecule has 0 amide bonds. The highest BCUT2D eigenvalue weighted by Crippen LogP contribution is 2.19. The summed E-state index contributed by atoms with van der Waals surface area (Å²) in [6.45, 7) is 6.02. The molecule has 0 aromatic carbocycles. The van der Waals surface area contributed by atoms with Crippen LogP contribution in [0, 0.1) is 6.92 Å². The highest BCUT2D eigenvalue weighted by atomic mass is 16.5. The molecule has 84 valence electrons. The fourth-order valence-electron chi connectivity index (χ4n) is 1.40. The molecule has 0 saturated carbocycles. The van der Waals surface area contributed by atoms with Gasteiger partial charge in [-0.15, -0.1) is 0 Å². The van der Waals surface area contributed by atoms with Gasteiger partial charge >= 0.3 is 5.97 Å². The number of nitrogens with one attached hydrogen (secondary N) is 1. The molecule has 1 rings (SSSR count). The van der Waals surface area contributed by atoms with Crippen molar-refractivity contribution in [1.82, 2.24) is 15.2 Å². The number of nitrogens with zero attached hydrogens (tertiary/aromatic N) is 2. The second kappa shape index (κ2) is 5.48. The van der Waals surface area contributed by atoms with Gasteiger partial charge in [0.2, 0.25) is 0 Å². The Bertz CT molecular complexity index is 322. The third kappa shape index (κ3) is 3.04. The molecular weight excluding hydrogens is 194 g/mol.